The van der Waals surface area contributed by atoms with Crippen LogP contribution in [0.25, 0.3) is 10.8 Å². The average molecular weight is 167 g/mol. The number of rotatable bonds is 0. The molecule has 0 radical (unpaired) electrons. The number of nitrogens with zero attached hydrogens (tertiary/aromatic N) is 1. The van der Waals surface area contributed by atoms with Gasteiger partial charge in [-0.05, 0) is 29.3 Å². The van der Waals surface area contributed by atoms with E-state index >= 15 is 0 Å². The van der Waals surface area contributed by atoms with Crippen molar-refractivity contribution in [2.75, 3.05) is 0 Å². The van der Waals surface area contributed by atoms with Gasteiger partial charge in [0.05, 0.1) is 11.6 Å². The molecule has 62 valence electrons. The normalized spacial score (nSPS) is 9.85. The summed E-state index contributed by atoms with van der Waals surface area (Å²) < 4.78 is 0. The quantitative estimate of drug-likeness (QED) is 0.591. The Morgan fingerprint density at radius 1 is 1.15 bits per heavy atom. The van der Waals surface area contributed by atoms with Crippen LogP contribution in [0.5, 0.6) is 0 Å². The first-order valence-electron chi connectivity index (χ1n) is 4.21. The Hall–Kier alpha value is -1.81. The van der Waals surface area contributed by atoms with Crippen LogP contribution in [0.2, 0.25) is 0 Å². The van der Waals surface area contributed by atoms with Gasteiger partial charge in [0.15, 0.2) is 0 Å². The minimum atomic E-state index is 0.760. The fourth-order valence-electron chi connectivity index (χ4n) is 1.55. The molecule has 0 aliphatic carbocycles. The smallest absolute Gasteiger partial charge is 0.0998 e. The van der Waals surface area contributed by atoms with Crippen molar-refractivity contribution >= 4 is 10.8 Å². The first-order valence-corrected chi connectivity index (χ1v) is 4.21. The van der Waals surface area contributed by atoms with Crippen LogP contribution in [0.15, 0.2) is 36.4 Å². The largest absolute Gasteiger partial charge is 0.192 e. The molecule has 0 aromatic heterocycles. The van der Waals surface area contributed by atoms with E-state index in [1.807, 2.05) is 37.3 Å². The van der Waals surface area contributed by atoms with Gasteiger partial charge in [0, 0.05) is 0 Å². The zero-order chi connectivity index (χ0) is 9.26. The topological polar surface area (TPSA) is 23.8 Å². The molecule has 2 aromatic rings. The molecule has 2 aromatic carbocycles. The summed E-state index contributed by atoms with van der Waals surface area (Å²) in [7, 11) is 0. The van der Waals surface area contributed by atoms with Crippen LogP contribution in [0.4, 0.5) is 0 Å². The fraction of sp³-hybridized carbons (Fsp3) is 0.0833. The molecule has 13 heavy (non-hydrogen) atoms. The van der Waals surface area contributed by atoms with Crippen molar-refractivity contribution in [3.05, 3.63) is 47.5 Å². The first kappa shape index (κ1) is 7.82. The van der Waals surface area contributed by atoms with E-state index in [9.17, 15) is 0 Å². The molecule has 0 bridgehead atoms. The number of aryl methyl sites for hydroxylation is 1. The summed E-state index contributed by atoms with van der Waals surface area (Å²) >= 11 is 0. The summed E-state index contributed by atoms with van der Waals surface area (Å²) in [4.78, 5) is 0. The molecule has 0 saturated carbocycles. The van der Waals surface area contributed by atoms with Gasteiger partial charge in [-0.1, -0.05) is 30.3 Å². The van der Waals surface area contributed by atoms with Crippen molar-refractivity contribution in [2.24, 2.45) is 0 Å². The molecule has 0 atom stereocenters. The Balaban J connectivity index is 2.91. The van der Waals surface area contributed by atoms with E-state index < -0.39 is 0 Å². The number of hydrogen-bond acceptors (Lipinski definition) is 1. The van der Waals surface area contributed by atoms with Crippen LogP contribution in [0.1, 0.15) is 11.1 Å². The van der Waals surface area contributed by atoms with Crippen molar-refractivity contribution in [1.29, 1.82) is 5.26 Å². The maximum absolute atomic E-state index is 8.91. The zero-order valence-electron chi connectivity index (χ0n) is 7.41. The van der Waals surface area contributed by atoms with Crippen molar-refractivity contribution in [3.63, 3.8) is 0 Å². The van der Waals surface area contributed by atoms with Gasteiger partial charge in [-0.2, -0.15) is 5.26 Å². The second-order valence-corrected chi connectivity index (χ2v) is 3.15. The Morgan fingerprint density at radius 2 is 1.92 bits per heavy atom. The van der Waals surface area contributed by atoms with E-state index in [0.29, 0.717) is 0 Å². The predicted molar refractivity (Wildman–Crippen MR) is 53.4 cm³/mol. The molecular weight excluding hydrogens is 158 g/mol. The van der Waals surface area contributed by atoms with Crippen molar-refractivity contribution in [2.45, 2.75) is 6.92 Å². The lowest BCUT2D eigenvalue weighted by atomic mass is 10.0. The van der Waals surface area contributed by atoms with E-state index in [1.54, 1.807) is 0 Å². The van der Waals surface area contributed by atoms with Crippen LogP contribution in [-0.2, 0) is 0 Å². The Morgan fingerprint density at radius 3 is 2.69 bits per heavy atom. The minimum absolute atomic E-state index is 0.760. The summed E-state index contributed by atoms with van der Waals surface area (Å²) in [6, 6.07) is 14.2. The zero-order valence-corrected chi connectivity index (χ0v) is 7.41. The minimum Gasteiger partial charge on any atom is -0.192 e. The van der Waals surface area contributed by atoms with Crippen LogP contribution in [-0.4, -0.2) is 0 Å². The summed E-state index contributed by atoms with van der Waals surface area (Å²) in [5, 5.41) is 11.1. The van der Waals surface area contributed by atoms with Gasteiger partial charge in [-0.15, -0.1) is 0 Å². The molecular formula is C12H9N. The summed E-state index contributed by atoms with van der Waals surface area (Å²) in [6.45, 7) is 2.01. The van der Waals surface area contributed by atoms with E-state index in [0.717, 1.165) is 21.9 Å². The van der Waals surface area contributed by atoms with Gasteiger partial charge in [0.1, 0.15) is 0 Å². The van der Waals surface area contributed by atoms with Crippen LogP contribution in [0.3, 0.4) is 0 Å². The predicted octanol–water partition coefficient (Wildman–Crippen LogP) is 3.02. The number of hydrogen-bond donors (Lipinski definition) is 0. The summed E-state index contributed by atoms with van der Waals surface area (Å²) in [5.41, 5.74) is 1.89. The molecule has 0 saturated heterocycles. The third kappa shape index (κ3) is 1.27. The molecule has 0 heterocycles. The Bertz CT molecular complexity index is 492. The second-order valence-electron chi connectivity index (χ2n) is 3.15. The van der Waals surface area contributed by atoms with Crippen LogP contribution >= 0.6 is 0 Å². The highest BCUT2D eigenvalue weighted by molar-refractivity contribution is 5.88. The molecule has 2 rings (SSSR count). The van der Waals surface area contributed by atoms with E-state index in [4.69, 9.17) is 5.26 Å². The Labute approximate surface area is 77.2 Å². The second kappa shape index (κ2) is 2.91. The SMILES string of the molecule is Cc1cc(C#N)c2ccccc2c1. The molecule has 0 fully saturated rings. The van der Waals surface area contributed by atoms with Crippen molar-refractivity contribution in [1.82, 2.24) is 0 Å². The number of benzene rings is 2. The van der Waals surface area contributed by atoms with Crippen LogP contribution in [0, 0.1) is 18.3 Å². The standard InChI is InChI=1S/C12H9N/c1-9-6-10-4-2-3-5-12(10)11(7-9)8-13/h2-7H,1H3. The lowest BCUT2D eigenvalue weighted by molar-refractivity contribution is 1.45. The lowest BCUT2D eigenvalue weighted by Crippen LogP contribution is -1.81. The maximum atomic E-state index is 8.91. The number of nitriles is 1. The first-order chi connectivity index (χ1) is 6.31. The monoisotopic (exact) mass is 167 g/mol. The van der Waals surface area contributed by atoms with E-state index in [2.05, 4.69) is 12.1 Å². The third-order valence-corrected chi connectivity index (χ3v) is 2.13. The molecule has 0 N–H and O–H groups in total. The highest BCUT2D eigenvalue weighted by atomic mass is 14.2. The van der Waals surface area contributed by atoms with Gasteiger partial charge in [-0.25, -0.2) is 0 Å². The van der Waals surface area contributed by atoms with Crippen LogP contribution < -0.4 is 0 Å². The highest BCUT2D eigenvalue weighted by Gasteiger charge is 1.99. The van der Waals surface area contributed by atoms with Gasteiger partial charge in [0.25, 0.3) is 0 Å². The molecule has 0 aliphatic heterocycles. The summed E-state index contributed by atoms with van der Waals surface area (Å²) in [6.07, 6.45) is 0. The average Bonchev–Trinajstić information content (AvgIpc) is 2.16. The van der Waals surface area contributed by atoms with Crippen molar-refractivity contribution in [3.8, 4) is 6.07 Å². The molecule has 1 nitrogen and oxygen atoms in total. The maximum Gasteiger partial charge on any atom is 0.0998 e. The Kier molecular flexibility index (Phi) is 1.75. The number of fused-ring (bicyclic) bond motifs is 1. The lowest BCUT2D eigenvalue weighted by Gasteiger charge is -2.00. The van der Waals surface area contributed by atoms with E-state index in [1.165, 1.54) is 0 Å². The molecule has 1 heteroatoms. The molecule has 0 aliphatic rings. The molecule has 0 spiro atoms. The van der Waals surface area contributed by atoms with E-state index in [-0.39, 0.29) is 0 Å². The molecule has 0 amide bonds. The summed E-state index contributed by atoms with van der Waals surface area (Å²) in [5.74, 6) is 0. The van der Waals surface area contributed by atoms with Gasteiger partial charge < -0.3 is 0 Å². The van der Waals surface area contributed by atoms with Crippen molar-refractivity contribution < 1.29 is 0 Å². The third-order valence-electron chi connectivity index (χ3n) is 2.13. The van der Waals surface area contributed by atoms with Gasteiger partial charge in [0.2, 0.25) is 0 Å². The van der Waals surface area contributed by atoms with Gasteiger partial charge >= 0.3 is 0 Å². The molecule has 0 unspecified atom stereocenters. The van der Waals surface area contributed by atoms with Gasteiger partial charge in [-0.3, -0.25) is 0 Å². The highest BCUT2D eigenvalue weighted by Crippen LogP contribution is 2.19. The fourth-order valence-corrected chi connectivity index (χ4v) is 1.55.